The number of hydrogen-bond donors (Lipinski definition) is 0. The van der Waals surface area contributed by atoms with E-state index in [0.717, 1.165) is 38.7 Å². The summed E-state index contributed by atoms with van der Waals surface area (Å²) in [6.45, 7) is 10.5. The number of fused-ring (bicyclic) bond motifs is 1. The Morgan fingerprint density at radius 3 is 2.32 bits per heavy atom. The number of carbonyl (C=O) groups is 1. The van der Waals surface area contributed by atoms with Crippen LogP contribution in [-0.2, 0) is 0 Å². The van der Waals surface area contributed by atoms with E-state index in [1.807, 2.05) is 53.9 Å². The lowest BCUT2D eigenvalue weighted by atomic mass is 10.1. The highest BCUT2D eigenvalue weighted by Crippen LogP contribution is 2.32. The Morgan fingerprint density at radius 2 is 1.68 bits per heavy atom. The topological polar surface area (TPSA) is 34.0 Å². The summed E-state index contributed by atoms with van der Waals surface area (Å²) in [7, 11) is 0. The highest BCUT2D eigenvalue weighted by molar-refractivity contribution is 9.11. The number of aromatic nitrogens is 1. The van der Waals surface area contributed by atoms with Crippen LogP contribution in [0.3, 0.4) is 0 Å². The second-order valence-corrected chi connectivity index (χ2v) is 10.1. The van der Waals surface area contributed by atoms with Crippen LogP contribution in [0, 0.1) is 6.92 Å². The second kappa shape index (κ2) is 14.3. The Bertz CT molecular complexity index is 1080. The van der Waals surface area contributed by atoms with E-state index >= 15 is 0 Å². The number of carbonyl (C=O) groups excluding carboxylic acids is 1. The Hall–Kier alpha value is -1.34. The van der Waals surface area contributed by atoms with Crippen molar-refractivity contribution in [1.82, 2.24) is 9.30 Å². The van der Waals surface area contributed by atoms with E-state index in [9.17, 15) is 4.79 Å². The van der Waals surface area contributed by atoms with Gasteiger partial charge in [0, 0.05) is 22.8 Å². The quantitative estimate of drug-likeness (QED) is 0.144. The summed E-state index contributed by atoms with van der Waals surface area (Å²) >= 11 is 7.24. The highest BCUT2D eigenvalue weighted by atomic mass is 79.9. The van der Waals surface area contributed by atoms with Crippen LogP contribution in [0.5, 0.6) is 5.75 Å². The molecular formula is C27H35Br2ClN2O2. The lowest BCUT2D eigenvalue weighted by Gasteiger charge is -2.22. The van der Waals surface area contributed by atoms with Gasteiger partial charge in [-0.15, -0.1) is 12.4 Å². The van der Waals surface area contributed by atoms with E-state index < -0.39 is 0 Å². The molecule has 0 bridgehead atoms. The van der Waals surface area contributed by atoms with Gasteiger partial charge in [0.15, 0.2) is 0 Å². The molecule has 0 aliphatic heterocycles. The molecule has 1 aromatic carbocycles. The normalized spacial score (nSPS) is 11.1. The molecule has 2 aromatic heterocycles. The van der Waals surface area contributed by atoms with E-state index in [1.54, 1.807) is 0 Å². The van der Waals surface area contributed by atoms with Crippen molar-refractivity contribution in [3.8, 4) is 5.75 Å². The maximum absolute atomic E-state index is 13.4. The molecule has 186 valence electrons. The van der Waals surface area contributed by atoms with Crippen LogP contribution in [-0.4, -0.2) is 41.3 Å². The Balaban J connectivity index is 0.00000408. The van der Waals surface area contributed by atoms with Crippen molar-refractivity contribution in [2.45, 2.75) is 52.9 Å². The molecular weight excluding hydrogens is 580 g/mol. The van der Waals surface area contributed by atoms with Crippen molar-refractivity contribution in [2.24, 2.45) is 0 Å². The zero-order valence-electron chi connectivity index (χ0n) is 20.3. The standard InChI is InChI=1S/C27H34Br2N2O2.ClH/c1-4-6-14-30(15-7-5-2)16-10-18-33-24-13-12-21(19-22(24)28)27(32)26-20(3)25(29)23-11-8-9-17-31(23)26;/h8-9,11-13,17,19H,4-7,10,14-16,18H2,1-3H3;1H. The molecule has 3 aromatic rings. The molecule has 0 spiro atoms. The van der Waals surface area contributed by atoms with Crippen LogP contribution >= 0.6 is 44.3 Å². The van der Waals surface area contributed by atoms with Crippen LogP contribution in [0.15, 0.2) is 51.5 Å². The zero-order valence-corrected chi connectivity index (χ0v) is 24.3. The average molecular weight is 615 g/mol. The minimum absolute atomic E-state index is 0. The van der Waals surface area contributed by atoms with Crippen LogP contribution < -0.4 is 4.74 Å². The van der Waals surface area contributed by atoms with E-state index in [-0.39, 0.29) is 18.2 Å². The number of benzene rings is 1. The average Bonchev–Trinajstić information content (AvgIpc) is 3.08. The third-order valence-corrected chi connectivity index (χ3v) is 7.57. The van der Waals surface area contributed by atoms with Gasteiger partial charge in [-0.2, -0.15) is 0 Å². The van der Waals surface area contributed by atoms with Gasteiger partial charge in [0.25, 0.3) is 0 Å². The summed E-state index contributed by atoms with van der Waals surface area (Å²) in [6, 6.07) is 11.5. The molecule has 4 nitrogen and oxygen atoms in total. The van der Waals surface area contributed by atoms with Crippen molar-refractivity contribution >= 4 is 55.6 Å². The van der Waals surface area contributed by atoms with Crippen molar-refractivity contribution in [3.63, 3.8) is 0 Å². The molecule has 0 fully saturated rings. The van der Waals surface area contributed by atoms with Gasteiger partial charge in [0.05, 0.1) is 22.3 Å². The first-order chi connectivity index (χ1) is 16.0. The van der Waals surface area contributed by atoms with E-state index in [0.29, 0.717) is 17.9 Å². The summed E-state index contributed by atoms with van der Waals surface area (Å²) < 4.78 is 9.75. The summed E-state index contributed by atoms with van der Waals surface area (Å²) in [4.78, 5) is 15.9. The summed E-state index contributed by atoms with van der Waals surface area (Å²) in [5, 5.41) is 0. The number of pyridine rings is 1. The molecule has 0 aliphatic carbocycles. The van der Waals surface area contributed by atoms with Gasteiger partial charge in [-0.3, -0.25) is 4.79 Å². The van der Waals surface area contributed by atoms with Gasteiger partial charge in [-0.05, 0) is 107 Å². The van der Waals surface area contributed by atoms with Crippen molar-refractivity contribution in [3.05, 3.63) is 68.4 Å². The first-order valence-electron chi connectivity index (χ1n) is 11.9. The fourth-order valence-electron chi connectivity index (χ4n) is 4.04. The number of ether oxygens (including phenoxy) is 1. The SMILES string of the molecule is CCCCN(CCCC)CCCOc1ccc(C(=O)c2c(C)c(Br)c3ccccn23)cc1Br.Cl. The van der Waals surface area contributed by atoms with Gasteiger partial charge in [0.1, 0.15) is 5.75 Å². The third kappa shape index (κ3) is 7.09. The van der Waals surface area contributed by atoms with Crippen molar-refractivity contribution < 1.29 is 9.53 Å². The lowest BCUT2D eigenvalue weighted by Crippen LogP contribution is -2.28. The first-order valence-corrected chi connectivity index (χ1v) is 13.5. The van der Waals surface area contributed by atoms with E-state index in [2.05, 4.69) is 50.6 Å². The molecule has 2 heterocycles. The summed E-state index contributed by atoms with van der Waals surface area (Å²) in [6.07, 6.45) is 7.87. The summed E-state index contributed by atoms with van der Waals surface area (Å²) in [5.41, 5.74) is 3.25. The first kappa shape index (κ1) is 28.9. The molecule has 0 radical (unpaired) electrons. The van der Waals surface area contributed by atoms with Gasteiger partial charge < -0.3 is 14.0 Å². The largest absolute Gasteiger partial charge is 0.492 e. The molecule has 0 atom stereocenters. The Kier molecular flexibility index (Phi) is 12.1. The van der Waals surface area contributed by atoms with Crippen LogP contribution in [0.2, 0.25) is 0 Å². The minimum atomic E-state index is -0.00543. The van der Waals surface area contributed by atoms with Crippen molar-refractivity contribution in [1.29, 1.82) is 0 Å². The monoisotopic (exact) mass is 612 g/mol. The molecule has 0 amide bonds. The predicted molar refractivity (Wildman–Crippen MR) is 151 cm³/mol. The highest BCUT2D eigenvalue weighted by Gasteiger charge is 2.21. The fourth-order valence-corrected chi connectivity index (χ4v) is 5.04. The lowest BCUT2D eigenvalue weighted by molar-refractivity contribution is 0.103. The number of rotatable bonds is 13. The van der Waals surface area contributed by atoms with E-state index in [1.165, 1.54) is 38.8 Å². The third-order valence-electron chi connectivity index (χ3n) is 5.95. The zero-order chi connectivity index (χ0) is 23.8. The molecule has 0 saturated carbocycles. The van der Waals surface area contributed by atoms with Gasteiger partial charge in [-0.25, -0.2) is 0 Å². The fraction of sp³-hybridized carbons (Fsp3) is 0.444. The molecule has 0 unspecified atom stereocenters. The molecule has 0 saturated heterocycles. The van der Waals surface area contributed by atoms with Crippen LogP contribution in [0.25, 0.3) is 5.52 Å². The van der Waals surface area contributed by atoms with Crippen LogP contribution in [0.1, 0.15) is 67.6 Å². The Labute approximate surface area is 226 Å². The Morgan fingerprint density at radius 1 is 1.00 bits per heavy atom. The molecule has 0 N–H and O–H groups in total. The van der Waals surface area contributed by atoms with Gasteiger partial charge in [-0.1, -0.05) is 32.8 Å². The molecule has 0 aliphatic rings. The van der Waals surface area contributed by atoms with E-state index in [4.69, 9.17) is 4.74 Å². The van der Waals surface area contributed by atoms with Crippen molar-refractivity contribution in [2.75, 3.05) is 26.2 Å². The second-order valence-electron chi connectivity index (χ2n) is 8.47. The summed E-state index contributed by atoms with van der Waals surface area (Å²) in [5.74, 6) is 0.771. The smallest absolute Gasteiger partial charge is 0.210 e. The van der Waals surface area contributed by atoms with Crippen LogP contribution in [0.4, 0.5) is 0 Å². The maximum Gasteiger partial charge on any atom is 0.210 e. The van der Waals surface area contributed by atoms with Gasteiger partial charge in [0.2, 0.25) is 5.78 Å². The van der Waals surface area contributed by atoms with Gasteiger partial charge >= 0.3 is 0 Å². The minimum Gasteiger partial charge on any atom is -0.492 e. The number of ketones is 1. The number of nitrogens with zero attached hydrogens (tertiary/aromatic N) is 2. The number of hydrogen-bond acceptors (Lipinski definition) is 3. The predicted octanol–water partition coefficient (Wildman–Crippen LogP) is 8.10. The molecule has 34 heavy (non-hydrogen) atoms. The molecule has 3 rings (SSSR count). The molecule has 7 heteroatoms. The number of halogens is 3. The number of unbranched alkanes of at least 4 members (excludes halogenated alkanes) is 2. The maximum atomic E-state index is 13.4.